The maximum absolute atomic E-state index is 12.7. The lowest BCUT2D eigenvalue weighted by Crippen LogP contribution is -2.61. The Labute approximate surface area is 200 Å². The summed E-state index contributed by atoms with van der Waals surface area (Å²) < 4.78 is 37.1. The predicted octanol–water partition coefficient (Wildman–Crippen LogP) is 1.87. The van der Waals surface area contributed by atoms with Gasteiger partial charge >= 0.3 is 6.61 Å². The maximum atomic E-state index is 12.7. The molecule has 35 heavy (non-hydrogen) atoms. The van der Waals surface area contributed by atoms with Gasteiger partial charge in [0.15, 0.2) is 5.65 Å². The number of aromatic nitrogens is 4. The highest BCUT2D eigenvalue weighted by atomic mass is 19.3. The number of anilines is 2. The van der Waals surface area contributed by atoms with Crippen LogP contribution in [0.25, 0.3) is 16.7 Å². The minimum Gasteiger partial charge on any atom is -0.435 e. The number of aliphatic hydroxyl groups excluding tert-OH is 1. The lowest BCUT2D eigenvalue weighted by atomic mass is 9.90. The van der Waals surface area contributed by atoms with Crippen molar-refractivity contribution in [2.45, 2.75) is 37.6 Å². The zero-order chi connectivity index (χ0) is 23.9. The summed E-state index contributed by atoms with van der Waals surface area (Å²) in [7, 11) is 0. The van der Waals surface area contributed by atoms with E-state index in [4.69, 9.17) is 14.7 Å². The topological polar surface area (TPSA) is 101 Å². The summed E-state index contributed by atoms with van der Waals surface area (Å²) in [5.41, 5.74) is 1.13. The Bertz CT molecular complexity index is 1190. The van der Waals surface area contributed by atoms with Gasteiger partial charge in [-0.25, -0.2) is 4.68 Å². The molecule has 4 heterocycles. The lowest BCUT2D eigenvalue weighted by molar-refractivity contribution is -0.0498. The molecule has 2 aliphatic heterocycles. The number of fused-ring (bicyclic) bond motifs is 1. The quantitative estimate of drug-likeness (QED) is 0.517. The summed E-state index contributed by atoms with van der Waals surface area (Å²) in [4.78, 5) is 14.2. The van der Waals surface area contributed by atoms with Gasteiger partial charge in [-0.1, -0.05) is 6.07 Å². The molecule has 1 aromatic carbocycles. The van der Waals surface area contributed by atoms with E-state index in [-0.39, 0.29) is 17.9 Å². The molecule has 12 heteroatoms. The van der Waals surface area contributed by atoms with Crippen molar-refractivity contribution < 1.29 is 23.4 Å². The van der Waals surface area contributed by atoms with Crippen LogP contribution in [-0.2, 0) is 4.74 Å². The molecule has 0 amide bonds. The van der Waals surface area contributed by atoms with Crippen molar-refractivity contribution in [3.63, 3.8) is 0 Å². The van der Waals surface area contributed by atoms with Crippen LogP contribution in [0.1, 0.15) is 12.8 Å². The summed E-state index contributed by atoms with van der Waals surface area (Å²) in [5.74, 6) is 1.29. The van der Waals surface area contributed by atoms with Crippen LogP contribution in [0, 0.1) is 0 Å². The average molecular weight is 488 g/mol. The molecule has 2 saturated heterocycles. The number of aliphatic hydroxyl groups is 1. The third-order valence-electron chi connectivity index (χ3n) is 6.87. The number of hydrogen-bond donors (Lipinski definition) is 2. The number of benzene rings is 1. The van der Waals surface area contributed by atoms with E-state index in [0.717, 1.165) is 50.6 Å². The molecule has 6 rings (SSSR count). The highest BCUT2D eigenvalue weighted by molar-refractivity contribution is 5.89. The second-order valence-electron chi connectivity index (χ2n) is 9.21. The number of ether oxygens (including phenoxy) is 2. The largest absolute Gasteiger partial charge is 0.435 e. The van der Waals surface area contributed by atoms with Crippen molar-refractivity contribution in [3.8, 4) is 11.4 Å². The Morgan fingerprint density at radius 3 is 2.69 bits per heavy atom. The van der Waals surface area contributed by atoms with Gasteiger partial charge in [-0.3, -0.25) is 4.90 Å². The van der Waals surface area contributed by atoms with Crippen LogP contribution in [0.4, 0.5) is 20.5 Å². The zero-order valence-electron chi connectivity index (χ0n) is 19.1. The summed E-state index contributed by atoms with van der Waals surface area (Å²) in [6.45, 7) is 2.17. The van der Waals surface area contributed by atoms with E-state index in [1.807, 2.05) is 0 Å². The van der Waals surface area contributed by atoms with Gasteiger partial charge in [0.2, 0.25) is 5.95 Å². The summed E-state index contributed by atoms with van der Waals surface area (Å²) in [6.07, 6.45) is 2.70. The highest BCUT2D eigenvalue weighted by Crippen LogP contribution is 2.33. The molecule has 186 valence electrons. The molecular weight excluding hydrogens is 460 g/mol. The van der Waals surface area contributed by atoms with Gasteiger partial charge < -0.3 is 24.8 Å². The van der Waals surface area contributed by atoms with Crippen LogP contribution < -0.4 is 15.0 Å². The number of hydrogen-bond acceptors (Lipinski definition) is 9. The first-order valence-corrected chi connectivity index (χ1v) is 11.9. The molecule has 10 nitrogen and oxygen atoms in total. The monoisotopic (exact) mass is 487 g/mol. The first-order chi connectivity index (χ1) is 17.0. The number of morpholine rings is 1. The normalized spacial score (nSPS) is 23.4. The Morgan fingerprint density at radius 1 is 1.14 bits per heavy atom. The molecule has 3 aliphatic rings. The van der Waals surface area contributed by atoms with Crippen LogP contribution >= 0.6 is 0 Å². The smallest absolute Gasteiger partial charge is 0.387 e. The predicted molar refractivity (Wildman–Crippen MR) is 124 cm³/mol. The number of halogens is 2. The Balaban J connectivity index is 1.32. The van der Waals surface area contributed by atoms with Crippen molar-refractivity contribution in [1.82, 2.24) is 24.6 Å². The molecular formula is C23H27F2N7O3. The number of nitrogens with zero attached hydrogens (tertiary/aromatic N) is 6. The van der Waals surface area contributed by atoms with E-state index in [9.17, 15) is 13.9 Å². The fourth-order valence-corrected chi connectivity index (χ4v) is 4.87. The third kappa shape index (κ3) is 4.48. The standard InChI is InChI=1S/C23H27F2N7O3/c24-22(25)35-18-3-1-2-15(10-18)32-21-19(11-26-32)20(28-23(29-21)27-14-8-17(33)9-14)31-12-16(13-31)30-4-6-34-7-5-30/h1-3,10-11,14,16-17,22,33H,4-9,12-13H2,(H,27,28,29). The van der Waals surface area contributed by atoms with E-state index in [2.05, 4.69) is 25.0 Å². The average Bonchev–Trinajstić information content (AvgIpc) is 3.22. The minimum absolute atomic E-state index is 0.0494. The van der Waals surface area contributed by atoms with Gasteiger partial charge in [-0.15, -0.1) is 0 Å². The van der Waals surface area contributed by atoms with Crippen LogP contribution in [-0.4, -0.2) is 93.9 Å². The fourth-order valence-electron chi connectivity index (χ4n) is 4.87. The molecule has 0 radical (unpaired) electrons. The van der Waals surface area contributed by atoms with Crippen LogP contribution in [0.2, 0.25) is 0 Å². The van der Waals surface area contributed by atoms with Gasteiger partial charge in [0.1, 0.15) is 11.6 Å². The SMILES string of the molecule is OC1CC(Nc2nc(N3CC(N4CCOCC4)C3)c3cnn(-c4cccc(OC(F)F)c4)c3n2)C1. The molecule has 0 bridgehead atoms. The Kier molecular flexibility index (Phi) is 5.86. The van der Waals surface area contributed by atoms with Crippen molar-refractivity contribution in [2.75, 3.05) is 49.6 Å². The number of alkyl halides is 2. The number of rotatable bonds is 7. The molecule has 1 aliphatic carbocycles. The van der Waals surface area contributed by atoms with Crippen molar-refractivity contribution in [1.29, 1.82) is 0 Å². The molecule has 0 unspecified atom stereocenters. The molecule has 2 N–H and O–H groups in total. The maximum Gasteiger partial charge on any atom is 0.387 e. The van der Waals surface area contributed by atoms with Gasteiger partial charge in [0.25, 0.3) is 0 Å². The van der Waals surface area contributed by atoms with Crippen molar-refractivity contribution >= 4 is 22.8 Å². The van der Waals surface area contributed by atoms with Crippen molar-refractivity contribution in [3.05, 3.63) is 30.5 Å². The van der Waals surface area contributed by atoms with Gasteiger partial charge in [0.05, 0.1) is 36.6 Å². The summed E-state index contributed by atoms with van der Waals surface area (Å²) in [5, 5.41) is 18.3. The van der Waals surface area contributed by atoms with E-state index in [1.54, 1.807) is 23.0 Å². The Morgan fingerprint density at radius 2 is 1.94 bits per heavy atom. The highest BCUT2D eigenvalue weighted by Gasteiger charge is 2.35. The van der Waals surface area contributed by atoms with Crippen LogP contribution in [0.3, 0.4) is 0 Å². The van der Waals surface area contributed by atoms with Gasteiger partial charge in [-0.05, 0) is 25.0 Å². The molecule has 0 spiro atoms. The molecule has 3 fully saturated rings. The zero-order valence-corrected chi connectivity index (χ0v) is 19.1. The van der Waals surface area contributed by atoms with Gasteiger partial charge in [-0.2, -0.15) is 23.8 Å². The number of nitrogens with one attached hydrogen (secondary N) is 1. The molecule has 1 saturated carbocycles. The first-order valence-electron chi connectivity index (χ1n) is 11.9. The molecule has 0 atom stereocenters. The summed E-state index contributed by atoms with van der Waals surface area (Å²) in [6, 6.07) is 6.93. The van der Waals surface area contributed by atoms with E-state index in [0.29, 0.717) is 36.2 Å². The lowest BCUT2D eigenvalue weighted by Gasteiger charge is -2.47. The van der Waals surface area contributed by atoms with Crippen molar-refractivity contribution in [2.24, 2.45) is 0 Å². The third-order valence-corrected chi connectivity index (χ3v) is 6.87. The summed E-state index contributed by atoms with van der Waals surface area (Å²) >= 11 is 0. The van der Waals surface area contributed by atoms with Gasteiger partial charge in [0, 0.05) is 44.3 Å². The molecule has 2 aromatic heterocycles. The second-order valence-corrected chi connectivity index (χ2v) is 9.21. The Hall–Kier alpha value is -3.09. The molecule has 3 aromatic rings. The van der Waals surface area contributed by atoms with E-state index in [1.165, 1.54) is 12.1 Å². The van der Waals surface area contributed by atoms with E-state index >= 15 is 0 Å². The van der Waals surface area contributed by atoms with Crippen LogP contribution in [0.15, 0.2) is 30.5 Å². The fraction of sp³-hybridized carbons (Fsp3) is 0.522. The minimum atomic E-state index is -2.91. The van der Waals surface area contributed by atoms with Crippen LogP contribution in [0.5, 0.6) is 5.75 Å². The van der Waals surface area contributed by atoms with E-state index < -0.39 is 6.61 Å². The second kappa shape index (κ2) is 9.17. The first kappa shape index (κ1) is 22.4.